The molecule has 0 radical (unpaired) electrons. The van der Waals surface area contributed by atoms with Gasteiger partial charge in [-0.3, -0.25) is 4.79 Å². The largest absolute Gasteiger partial charge is 0.341 e. The second-order valence-electron chi connectivity index (χ2n) is 6.37. The quantitative estimate of drug-likeness (QED) is 0.518. The van der Waals surface area contributed by atoms with Crippen molar-refractivity contribution in [3.05, 3.63) is 88.1 Å². The van der Waals surface area contributed by atoms with Crippen LogP contribution < -0.4 is 0 Å². The zero-order valence-corrected chi connectivity index (χ0v) is 17.0. The molecule has 0 atom stereocenters. The Kier molecular flexibility index (Phi) is 6.76. The first-order valence-electron chi connectivity index (χ1n) is 8.85. The SMILES string of the molecule is O=C(c1ccc(S(=O)(=O)C(F)F)cc1)N(CCc1ccccc1)Cc1cccs1. The number of thiophene rings is 1. The predicted octanol–water partition coefficient (Wildman–Crippen LogP) is 4.63. The molecule has 0 unspecified atom stereocenters. The number of benzene rings is 2. The van der Waals surface area contributed by atoms with Crippen LogP contribution in [0, 0.1) is 0 Å². The minimum absolute atomic E-state index is 0.253. The summed E-state index contributed by atoms with van der Waals surface area (Å²) in [6, 6.07) is 18.3. The van der Waals surface area contributed by atoms with Crippen LogP contribution in [0.3, 0.4) is 0 Å². The fourth-order valence-corrected chi connectivity index (χ4v) is 4.27. The first-order valence-corrected chi connectivity index (χ1v) is 11.3. The molecule has 0 aliphatic rings. The van der Waals surface area contributed by atoms with Crippen LogP contribution in [0.1, 0.15) is 20.8 Å². The second-order valence-corrected chi connectivity index (χ2v) is 9.32. The topological polar surface area (TPSA) is 54.5 Å². The Balaban J connectivity index is 1.79. The zero-order chi connectivity index (χ0) is 20.9. The second kappa shape index (κ2) is 9.28. The van der Waals surface area contributed by atoms with Crippen molar-refractivity contribution in [1.29, 1.82) is 0 Å². The number of hydrogen-bond acceptors (Lipinski definition) is 4. The van der Waals surface area contributed by atoms with Gasteiger partial charge >= 0.3 is 5.76 Å². The molecule has 1 heterocycles. The van der Waals surface area contributed by atoms with Gasteiger partial charge in [-0.15, -0.1) is 11.3 Å². The lowest BCUT2D eigenvalue weighted by atomic mass is 10.1. The van der Waals surface area contributed by atoms with E-state index < -0.39 is 20.5 Å². The molecule has 2 aromatic carbocycles. The molecule has 0 saturated heterocycles. The van der Waals surface area contributed by atoms with Crippen LogP contribution in [-0.4, -0.2) is 31.5 Å². The summed E-state index contributed by atoms with van der Waals surface area (Å²) in [4.78, 5) is 15.2. The highest BCUT2D eigenvalue weighted by atomic mass is 32.2. The highest BCUT2D eigenvalue weighted by Crippen LogP contribution is 2.20. The van der Waals surface area contributed by atoms with Crippen molar-refractivity contribution in [2.75, 3.05) is 6.54 Å². The van der Waals surface area contributed by atoms with Crippen molar-refractivity contribution in [2.24, 2.45) is 0 Å². The smallest absolute Gasteiger partial charge is 0.333 e. The van der Waals surface area contributed by atoms with E-state index in [-0.39, 0.29) is 11.5 Å². The Morgan fingerprint density at radius 3 is 2.24 bits per heavy atom. The fourth-order valence-electron chi connectivity index (χ4n) is 2.82. The van der Waals surface area contributed by atoms with Gasteiger partial charge in [0.1, 0.15) is 0 Å². The summed E-state index contributed by atoms with van der Waals surface area (Å²) >= 11 is 1.54. The van der Waals surface area contributed by atoms with Gasteiger partial charge in [0, 0.05) is 17.0 Å². The Morgan fingerprint density at radius 2 is 1.66 bits per heavy atom. The zero-order valence-electron chi connectivity index (χ0n) is 15.4. The Labute approximate surface area is 172 Å². The highest BCUT2D eigenvalue weighted by molar-refractivity contribution is 7.91. The molecule has 29 heavy (non-hydrogen) atoms. The average Bonchev–Trinajstić information content (AvgIpc) is 3.24. The molecule has 0 aliphatic heterocycles. The fraction of sp³-hybridized carbons (Fsp3) is 0.190. The van der Waals surface area contributed by atoms with Gasteiger partial charge in [0.25, 0.3) is 5.91 Å². The minimum atomic E-state index is -4.68. The Morgan fingerprint density at radius 1 is 0.966 bits per heavy atom. The predicted molar refractivity (Wildman–Crippen MR) is 109 cm³/mol. The molecule has 1 aromatic heterocycles. The van der Waals surface area contributed by atoms with Gasteiger partial charge in [0.15, 0.2) is 0 Å². The number of rotatable bonds is 8. The van der Waals surface area contributed by atoms with Gasteiger partial charge in [-0.2, -0.15) is 8.78 Å². The molecule has 4 nitrogen and oxygen atoms in total. The monoisotopic (exact) mass is 435 g/mol. The number of hydrogen-bond donors (Lipinski definition) is 0. The number of halogens is 2. The maximum atomic E-state index is 13.0. The van der Waals surface area contributed by atoms with Crippen LogP contribution in [0.25, 0.3) is 0 Å². The normalized spacial score (nSPS) is 11.6. The Bertz CT molecular complexity index is 1040. The van der Waals surface area contributed by atoms with Crippen LogP contribution in [0.5, 0.6) is 0 Å². The van der Waals surface area contributed by atoms with E-state index in [1.54, 1.807) is 4.90 Å². The van der Waals surface area contributed by atoms with E-state index >= 15 is 0 Å². The third-order valence-corrected chi connectivity index (χ3v) is 6.65. The molecule has 0 bridgehead atoms. The number of amides is 1. The van der Waals surface area contributed by atoms with Crippen LogP contribution in [0.2, 0.25) is 0 Å². The van der Waals surface area contributed by atoms with Crippen molar-refractivity contribution in [3.63, 3.8) is 0 Å². The number of sulfone groups is 1. The minimum Gasteiger partial charge on any atom is -0.333 e. The molecule has 0 N–H and O–H groups in total. The van der Waals surface area contributed by atoms with E-state index in [2.05, 4.69) is 0 Å². The lowest BCUT2D eigenvalue weighted by molar-refractivity contribution is 0.0746. The Hall–Kier alpha value is -2.58. The molecule has 3 aromatic rings. The van der Waals surface area contributed by atoms with Gasteiger partial charge in [0.2, 0.25) is 9.84 Å². The summed E-state index contributed by atoms with van der Waals surface area (Å²) in [6.45, 7) is 0.887. The van der Waals surface area contributed by atoms with Gasteiger partial charge in [-0.1, -0.05) is 36.4 Å². The maximum Gasteiger partial charge on any atom is 0.341 e. The van der Waals surface area contributed by atoms with E-state index in [0.717, 1.165) is 22.6 Å². The van der Waals surface area contributed by atoms with Crippen LogP contribution >= 0.6 is 11.3 Å². The summed E-state index contributed by atoms with van der Waals surface area (Å²) in [5.41, 5.74) is 1.35. The van der Waals surface area contributed by atoms with Crippen LogP contribution in [-0.2, 0) is 22.8 Å². The van der Waals surface area contributed by atoms with Crippen molar-refractivity contribution in [3.8, 4) is 0 Å². The molecule has 0 aliphatic carbocycles. The summed E-state index contributed by atoms with van der Waals surface area (Å²) < 4.78 is 48.5. The van der Waals surface area contributed by atoms with E-state index in [4.69, 9.17) is 0 Å². The van der Waals surface area contributed by atoms with Gasteiger partial charge in [-0.25, -0.2) is 8.42 Å². The summed E-state index contributed by atoms with van der Waals surface area (Å²) in [6.07, 6.45) is 0.663. The third-order valence-electron chi connectivity index (χ3n) is 4.39. The first kappa shape index (κ1) is 21.1. The number of carbonyl (C=O) groups excluding carboxylic acids is 1. The lowest BCUT2D eigenvalue weighted by Crippen LogP contribution is -2.32. The molecule has 0 spiro atoms. The lowest BCUT2D eigenvalue weighted by Gasteiger charge is -2.22. The van der Waals surface area contributed by atoms with E-state index in [9.17, 15) is 22.0 Å². The molecule has 8 heteroatoms. The van der Waals surface area contributed by atoms with Crippen LogP contribution in [0.4, 0.5) is 8.78 Å². The summed E-state index contributed by atoms with van der Waals surface area (Å²) in [7, 11) is -4.68. The van der Waals surface area contributed by atoms with E-state index in [1.165, 1.54) is 23.5 Å². The van der Waals surface area contributed by atoms with Gasteiger partial charge in [-0.05, 0) is 47.7 Å². The third kappa shape index (κ3) is 5.27. The molecular formula is C21H19F2NO3S2. The van der Waals surface area contributed by atoms with Crippen LogP contribution in [0.15, 0.2) is 77.0 Å². The van der Waals surface area contributed by atoms with Gasteiger partial charge < -0.3 is 4.90 Å². The maximum absolute atomic E-state index is 13.0. The highest BCUT2D eigenvalue weighted by Gasteiger charge is 2.27. The summed E-state index contributed by atoms with van der Waals surface area (Å²) in [5, 5.41) is 1.93. The first-order chi connectivity index (χ1) is 13.9. The van der Waals surface area contributed by atoms with Crippen molar-refractivity contribution >= 4 is 27.1 Å². The molecular weight excluding hydrogens is 416 g/mol. The van der Waals surface area contributed by atoms with Crippen molar-refractivity contribution in [2.45, 2.75) is 23.6 Å². The van der Waals surface area contributed by atoms with E-state index in [0.29, 0.717) is 19.5 Å². The molecule has 0 saturated carbocycles. The average molecular weight is 436 g/mol. The van der Waals surface area contributed by atoms with E-state index in [1.807, 2.05) is 47.8 Å². The van der Waals surface area contributed by atoms with Crippen molar-refractivity contribution < 1.29 is 22.0 Å². The number of carbonyl (C=O) groups is 1. The summed E-state index contributed by atoms with van der Waals surface area (Å²) in [5.74, 6) is -3.78. The number of alkyl halides is 2. The molecule has 3 rings (SSSR count). The molecule has 1 amide bonds. The van der Waals surface area contributed by atoms with Crippen molar-refractivity contribution in [1.82, 2.24) is 4.90 Å². The van der Waals surface area contributed by atoms with Gasteiger partial charge in [0.05, 0.1) is 11.4 Å². The standard InChI is InChI=1S/C21H19F2NO3S2/c22-21(23)29(26,27)19-10-8-17(9-11-19)20(25)24(15-18-7-4-14-28-18)13-12-16-5-2-1-3-6-16/h1-11,14,21H,12-13,15H2. The number of nitrogens with zero attached hydrogens (tertiary/aromatic N) is 1. The molecule has 152 valence electrons. The molecule has 0 fully saturated rings.